The molecule has 19 heavy (non-hydrogen) atoms. The molecule has 1 aromatic heterocycles. The van der Waals surface area contributed by atoms with Gasteiger partial charge in [-0.1, -0.05) is 13.8 Å². The Hall–Kier alpha value is -1.11. The third kappa shape index (κ3) is 3.46. The lowest BCUT2D eigenvalue weighted by Crippen LogP contribution is -2.04. The van der Waals surface area contributed by atoms with E-state index in [0.29, 0.717) is 12.5 Å². The first-order valence-corrected chi connectivity index (χ1v) is 7.26. The number of hydrogen-bond acceptors (Lipinski definition) is 2. The third-order valence-electron chi connectivity index (χ3n) is 2.88. The second-order valence-corrected chi connectivity index (χ2v) is 6.01. The number of nitrogens with zero attached hydrogens (tertiary/aromatic N) is 2. The molecular formula is C14H17FIN3. The van der Waals surface area contributed by atoms with Crippen molar-refractivity contribution in [2.24, 2.45) is 7.05 Å². The van der Waals surface area contributed by atoms with Gasteiger partial charge >= 0.3 is 0 Å². The molecule has 5 heteroatoms. The average molecular weight is 373 g/mol. The molecule has 0 aliphatic rings. The molecule has 0 aliphatic carbocycles. The predicted octanol–water partition coefficient (Wildman–Crippen LogP) is 3.90. The minimum Gasteiger partial charge on any atom is -0.380 e. The number of hydrogen-bond donors (Lipinski definition) is 1. The van der Waals surface area contributed by atoms with Crippen molar-refractivity contribution in [1.82, 2.24) is 9.78 Å². The van der Waals surface area contributed by atoms with E-state index in [4.69, 9.17) is 0 Å². The van der Waals surface area contributed by atoms with E-state index in [0.717, 1.165) is 15.0 Å². The number of nitrogens with one attached hydrogen (secondary N) is 1. The van der Waals surface area contributed by atoms with Gasteiger partial charge in [0.15, 0.2) is 0 Å². The Bertz CT molecular complexity index is 578. The minimum atomic E-state index is -0.209. The monoisotopic (exact) mass is 373 g/mol. The summed E-state index contributed by atoms with van der Waals surface area (Å²) in [6.07, 6.45) is 2.03. The summed E-state index contributed by atoms with van der Waals surface area (Å²) < 4.78 is 15.8. The van der Waals surface area contributed by atoms with Crippen molar-refractivity contribution in [3.63, 3.8) is 0 Å². The Balaban J connectivity index is 2.14. The fourth-order valence-corrected chi connectivity index (χ4v) is 2.67. The summed E-state index contributed by atoms with van der Waals surface area (Å²) in [4.78, 5) is 0. The Morgan fingerprint density at radius 3 is 2.79 bits per heavy atom. The molecule has 0 aliphatic heterocycles. The summed E-state index contributed by atoms with van der Waals surface area (Å²) >= 11 is 2.13. The van der Waals surface area contributed by atoms with Gasteiger partial charge in [-0.05, 0) is 46.7 Å². The van der Waals surface area contributed by atoms with Gasteiger partial charge in [0.05, 0.1) is 5.69 Å². The smallest absolute Gasteiger partial charge is 0.124 e. The lowest BCUT2D eigenvalue weighted by Gasteiger charge is -2.10. The highest BCUT2D eigenvalue weighted by atomic mass is 127. The summed E-state index contributed by atoms with van der Waals surface area (Å²) in [5, 5.41) is 7.81. The molecule has 0 bridgehead atoms. The molecule has 0 atom stereocenters. The van der Waals surface area contributed by atoms with Crippen molar-refractivity contribution < 1.29 is 4.39 Å². The van der Waals surface area contributed by atoms with Crippen molar-refractivity contribution in [1.29, 1.82) is 0 Å². The van der Waals surface area contributed by atoms with E-state index in [1.807, 2.05) is 17.9 Å². The van der Waals surface area contributed by atoms with E-state index in [9.17, 15) is 4.39 Å². The van der Waals surface area contributed by atoms with Crippen molar-refractivity contribution in [3.05, 3.63) is 45.0 Å². The summed E-state index contributed by atoms with van der Waals surface area (Å²) in [6, 6.07) is 4.76. The maximum atomic E-state index is 13.0. The zero-order valence-electron chi connectivity index (χ0n) is 11.2. The van der Waals surface area contributed by atoms with Crippen LogP contribution in [0.3, 0.4) is 0 Å². The normalized spacial score (nSPS) is 11.1. The topological polar surface area (TPSA) is 29.9 Å². The molecule has 2 rings (SSSR count). The molecule has 0 saturated heterocycles. The molecule has 0 radical (unpaired) electrons. The van der Waals surface area contributed by atoms with Gasteiger partial charge in [-0.3, -0.25) is 4.68 Å². The van der Waals surface area contributed by atoms with Crippen LogP contribution in [0.15, 0.2) is 24.4 Å². The van der Waals surface area contributed by atoms with E-state index < -0.39 is 0 Å². The summed E-state index contributed by atoms with van der Waals surface area (Å²) in [7, 11) is 1.93. The fraction of sp³-hybridized carbons (Fsp3) is 0.357. The number of aromatic nitrogens is 2. The molecule has 0 spiro atoms. The highest BCUT2D eigenvalue weighted by molar-refractivity contribution is 14.1. The highest BCUT2D eigenvalue weighted by Crippen LogP contribution is 2.22. The molecule has 1 aromatic carbocycles. The summed E-state index contributed by atoms with van der Waals surface area (Å²) in [6.45, 7) is 4.96. The standard InChI is InChI=1S/C14H17FIN3/c1-9(2)14-10(8-19(3)18-14)7-17-13-5-4-11(15)6-12(13)16/h4-6,8-9,17H,7H2,1-3H3. The maximum Gasteiger partial charge on any atom is 0.124 e. The first-order valence-electron chi connectivity index (χ1n) is 6.18. The lowest BCUT2D eigenvalue weighted by molar-refractivity contribution is 0.627. The van der Waals surface area contributed by atoms with Crippen LogP contribution < -0.4 is 5.32 Å². The fourth-order valence-electron chi connectivity index (χ4n) is 2.00. The van der Waals surface area contributed by atoms with Crippen molar-refractivity contribution in [2.45, 2.75) is 26.3 Å². The molecule has 102 valence electrons. The zero-order chi connectivity index (χ0) is 14.0. The first kappa shape index (κ1) is 14.3. The minimum absolute atomic E-state index is 0.209. The number of rotatable bonds is 4. The van der Waals surface area contributed by atoms with Crippen LogP contribution in [-0.2, 0) is 13.6 Å². The number of anilines is 1. The van der Waals surface area contributed by atoms with E-state index in [1.165, 1.54) is 17.7 Å². The molecule has 0 fully saturated rings. The molecule has 1 heterocycles. The van der Waals surface area contributed by atoms with Gasteiger partial charge in [0.1, 0.15) is 5.82 Å². The Labute approximate surface area is 126 Å². The van der Waals surface area contributed by atoms with Crippen LogP contribution in [0, 0.1) is 9.39 Å². The number of aryl methyl sites for hydroxylation is 1. The Morgan fingerprint density at radius 1 is 1.42 bits per heavy atom. The molecule has 0 saturated carbocycles. The molecule has 2 aromatic rings. The molecule has 0 amide bonds. The van der Waals surface area contributed by atoms with Gasteiger partial charge in [0.2, 0.25) is 0 Å². The first-order chi connectivity index (χ1) is 8.97. The Morgan fingerprint density at radius 2 is 2.16 bits per heavy atom. The van der Waals surface area contributed by atoms with Crippen LogP contribution in [0.1, 0.15) is 31.0 Å². The van der Waals surface area contributed by atoms with Crippen LogP contribution in [0.25, 0.3) is 0 Å². The van der Waals surface area contributed by atoms with E-state index in [2.05, 4.69) is 46.9 Å². The molecule has 1 N–H and O–H groups in total. The van der Waals surface area contributed by atoms with Crippen molar-refractivity contribution in [3.8, 4) is 0 Å². The van der Waals surface area contributed by atoms with Gasteiger partial charge in [-0.25, -0.2) is 4.39 Å². The summed E-state index contributed by atoms with van der Waals surface area (Å²) in [5.74, 6) is 0.185. The van der Waals surface area contributed by atoms with Crippen molar-refractivity contribution >= 4 is 28.3 Å². The van der Waals surface area contributed by atoms with Gasteiger partial charge in [-0.2, -0.15) is 5.10 Å². The van der Waals surface area contributed by atoms with Gasteiger partial charge in [-0.15, -0.1) is 0 Å². The van der Waals surface area contributed by atoms with Crippen molar-refractivity contribution in [2.75, 3.05) is 5.32 Å². The van der Waals surface area contributed by atoms with E-state index in [-0.39, 0.29) is 5.82 Å². The van der Waals surface area contributed by atoms with Crippen LogP contribution in [0.2, 0.25) is 0 Å². The second-order valence-electron chi connectivity index (χ2n) is 4.85. The molecule has 3 nitrogen and oxygen atoms in total. The van der Waals surface area contributed by atoms with Crippen LogP contribution in [0.4, 0.5) is 10.1 Å². The Kier molecular flexibility index (Phi) is 4.44. The van der Waals surface area contributed by atoms with E-state index in [1.54, 1.807) is 6.07 Å². The lowest BCUT2D eigenvalue weighted by atomic mass is 10.1. The quantitative estimate of drug-likeness (QED) is 0.824. The zero-order valence-corrected chi connectivity index (χ0v) is 13.4. The third-order valence-corrected chi connectivity index (χ3v) is 3.78. The van der Waals surface area contributed by atoms with Gasteiger partial charge < -0.3 is 5.32 Å². The predicted molar refractivity (Wildman–Crippen MR) is 83.7 cm³/mol. The maximum absolute atomic E-state index is 13.0. The number of benzene rings is 1. The summed E-state index contributed by atoms with van der Waals surface area (Å²) in [5.41, 5.74) is 3.23. The molecule has 0 unspecified atom stereocenters. The largest absolute Gasteiger partial charge is 0.380 e. The second kappa shape index (κ2) is 5.90. The number of halogens is 2. The van der Waals surface area contributed by atoms with E-state index >= 15 is 0 Å². The average Bonchev–Trinajstić information content (AvgIpc) is 2.69. The van der Waals surface area contributed by atoms with Crippen LogP contribution in [-0.4, -0.2) is 9.78 Å². The van der Waals surface area contributed by atoms with Crippen LogP contribution in [0.5, 0.6) is 0 Å². The van der Waals surface area contributed by atoms with Gasteiger partial charge in [0.25, 0.3) is 0 Å². The SMILES string of the molecule is CC(C)c1nn(C)cc1CNc1ccc(F)cc1I. The molecular weight excluding hydrogens is 356 g/mol. The highest BCUT2D eigenvalue weighted by Gasteiger charge is 2.11. The van der Waals surface area contributed by atoms with Gasteiger partial charge in [0, 0.05) is 34.6 Å². The van der Waals surface area contributed by atoms with Crippen LogP contribution >= 0.6 is 22.6 Å².